The molecule has 5 rings (SSSR count). The second kappa shape index (κ2) is 8.91. The van der Waals surface area contributed by atoms with E-state index in [-0.39, 0.29) is 12.0 Å². The normalized spacial score (nSPS) is 14.9. The van der Waals surface area contributed by atoms with Gasteiger partial charge in [0.25, 0.3) is 5.91 Å². The van der Waals surface area contributed by atoms with Gasteiger partial charge >= 0.3 is 0 Å². The molecule has 0 aliphatic carbocycles. The average Bonchev–Trinajstić information content (AvgIpc) is 3.25. The summed E-state index contributed by atoms with van der Waals surface area (Å²) < 4.78 is 6.09. The Balaban J connectivity index is 1.30. The number of ether oxygens (including phenoxy) is 1. The minimum Gasteiger partial charge on any atom is -0.490 e. The maximum Gasteiger partial charge on any atom is 0.276 e. The van der Waals surface area contributed by atoms with Crippen molar-refractivity contribution < 1.29 is 9.53 Å². The van der Waals surface area contributed by atoms with Crippen molar-refractivity contribution in [2.24, 2.45) is 0 Å². The van der Waals surface area contributed by atoms with Crippen molar-refractivity contribution >= 4 is 28.2 Å². The Bertz CT molecular complexity index is 1280. The molecule has 3 heterocycles. The lowest BCUT2D eigenvalue weighted by Gasteiger charge is -2.29. The summed E-state index contributed by atoms with van der Waals surface area (Å²) in [6.07, 6.45) is 5.63. The predicted octanol–water partition coefficient (Wildman–Crippen LogP) is 3.93. The molecule has 0 unspecified atom stereocenters. The van der Waals surface area contributed by atoms with Crippen LogP contribution in [0.4, 0.5) is 11.4 Å². The summed E-state index contributed by atoms with van der Waals surface area (Å²) in [6.45, 7) is 2.10. The molecule has 0 atom stereocenters. The Morgan fingerprint density at radius 3 is 2.64 bits per heavy atom. The summed E-state index contributed by atoms with van der Waals surface area (Å²) in [6, 6.07) is 15.1. The number of benzene rings is 2. The first kappa shape index (κ1) is 21.0. The molecule has 1 amide bonds. The van der Waals surface area contributed by atoms with Crippen LogP contribution in [0.1, 0.15) is 23.3 Å². The van der Waals surface area contributed by atoms with E-state index in [4.69, 9.17) is 10.5 Å². The number of piperidine rings is 1. The predicted molar refractivity (Wildman–Crippen MR) is 129 cm³/mol. The van der Waals surface area contributed by atoms with Crippen molar-refractivity contribution in [1.82, 2.24) is 20.1 Å². The van der Waals surface area contributed by atoms with Gasteiger partial charge in [-0.15, -0.1) is 0 Å². The van der Waals surface area contributed by atoms with E-state index in [1.165, 1.54) is 0 Å². The highest BCUT2D eigenvalue weighted by atomic mass is 16.5. The third-order valence-electron chi connectivity index (χ3n) is 5.95. The molecule has 8 heteroatoms. The van der Waals surface area contributed by atoms with Gasteiger partial charge in [-0.2, -0.15) is 5.10 Å². The van der Waals surface area contributed by atoms with Gasteiger partial charge in [0.15, 0.2) is 5.69 Å². The molecule has 0 saturated carbocycles. The smallest absolute Gasteiger partial charge is 0.276 e. The number of aromatic amines is 1. The number of anilines is 2. The molecule has 8 nitrogen and oxygen atoms in total. The minimum atomic E-state index is -0.284. The molecular formula is C25H26N6O2. The molecule has 0 radical (unpaired) electrons. The van der Waals surface area contributed by atoms with E-state index in [0.29, 0.717) is 17.1 Å². The Hall–Kier alpha value is -3.91. The third-order valence-corrected chi connectivity index (χ3v) is 5.95. The van der Waals surface area contributed by atoms with Gasteiger partial charge in [0.2, 0.25) is 0 Å². The van der Waals surface area contributed by atoms with Crippen molar-refractivity contribution in [2.45, 2.75) is 18.9 Å². The Labute approximate surface area is 191 Å². The van der Waals surface area contributed by atoms with E-state index in [0.717, 1.165) is 53.7 Å². The Kier molecular flexibility index (Phi) is 5.66. The molecular weight excluding hydrogens is 416 g/mol. The second-order valence-electron chi connectivity index (χ2n) is 8.44. The van der Waals surface area contributed by atoms with Gasteiger partial charge in [0, 0.05) is 42.1 Å². The maximum atomic E-state index is 13.0. The van der Waals surface area contributed by atoms with Crippen LogP contribution in [0, 0.1) is 0 Å². The number of carbonyl (C=O) groups excluding carboxylic acids is 1. The lowest BCUT2D eigenvalue weighted by Crippen LogP contribution is -2.35. The zero-order chi connectivity index (χ0) is 22.8. The number of likely N-dealkylation sites (tertiary alicyclic amines) is 1. The first-order chi connectivity index (χ1) is 16.0. The van der Waals surface area contributed by atoms with Crippen LogP contribution < -0.4 is 15.8 Å². The summed E-state index contributed by atoms with van der Waals surface area (Å²) in [5.41, 5.74) is 10.0. The number of nitrogen functional groups attached to an aromatic ring is 1. The summed E-state index contributed by atoms with van der Waals surface area (Å²) in [4.78, 5) is 19.4. The topological polar surface area (TPSA) is 109 Å². The molecule has 1 aliphatic rings. The lowest BCUT2D eigenvalue weighted by atomic mass is 10.0. The van der Waals surface area contributed by atoms with Crippen LogP contribution >= 0.6 is 0 Å². The molecule has 1 fully saturated rings. The molecule has 4 N–H and O–H groups in total. The standard InChI is InChI=1S/C25H26N6O2/c1-31-10-8-21(9-11-31)33-20-5-3-19(4-6-20)28-25(32)24-22-13-16(2-7-23(22)29-30-24)17-12-18(26)15-27-14-17/h2-7,12-15,21H,8-11,26H2,1H3,(H,28,32)(H,29,30). The number of fused-ring (bicyclic) bond motifs is 1. The van der Waals surface area contributed by atoms with Crippen LogP contribution in [0.15, 0.2) is 60.9 Å². The minimum absolute atomic E-state index is 0.237. The first-order valence-electron chi connectivity index (χ1n) is 11.0. The van der Waals surface area contributed by atoms with E-state index in [1.54, 1.807) is 12.4 Å². The molecule has 2 aromatic heterocycles. The van der Waals surface area contributed by atoms with E-state index < -0.39 is 0 Å². The number of nitrogens with one attached hydrogen (secondary N) is 2. The van der Waals surface area contributed by atoms with Gasteiger partial charge in [0.05, 0.1) is 11.2 Å². The average molecular weight is 443 g/mol. The molecule has 0 spiro atoms. The van der Waals surface area contributed by atoms with Crippen LogP contribution in [0.5, 0.6) is 5.75 Å². The van der Waals surface area contributed by atoms with Crippen LogP contribution in [-0.4, -0.2) is 52.2 Å². The summed E-state index contributed by atoms with van der Waals surface area (Å²) in [5.74, 6) is 0.529. The number of hydrogen-bond acceptors (Lipinski definition) is 6. The van der Waals surface area contributed by atoms with Gasteiger partial charge < -0.3 is 20.7 Å². The molecule has 168 valence electrons. The van der Waals surface area contributed by atoms with Crippen molar-refractivity contribution in [3.63, 3.8) is 0 Å². The highest BCUT2D eigenvalue weighted by Crippen LogP contribution is 2.27. The van der Waals surface area contributed by atoms with Crippen LogP contribution in [-0.2, 0) is 0 Å². The highest BCUT2D eigenvalue weighted by Gasteiger charge is 2.18. The van der Waals surface area contributed by atoms with Crippen molar-refractivity contribution in [3.05, 3.63) is 66.6 Å². The SMILES string of the molecule is CN1CCC(Oc2ccc(NC(=O)c3n[nH]c4ccc(-c5cncc(N)c5)cc34)cc2)CC1. The van der Waals surface area contributed by atoms with E-state index in [9.17, 15) is 4.79 Å². The number of amides is 1. The Morgan fingerprint density at radius 1 is 1.09 bits per heavy atom. The number of rotatable bonds is 5. The summed E-state index contributed by atoms with van der Waals surface area (Å²) in [7, 11) is 2.13. The fraction of sp³-hybridized carbons (Fsp3) is 0.240. The number of carbonyl (C=O) groups is 1. The van der Waals surface area contributed by atoms with Crippen molar-refractivity contribution in [1.29, 1.82) is 0 Å². The van der Waals surface area contributed by atoms with Gasteiger partial charge in [-0.1, -0.05) is 6.07 Å². The summed E-state index contributed by atoms with van der Waals surface area (Å²) >= 11 is 0. The van der Waals surface area contributed by atoms with E-state index in [2.05, 4.69) is 32.4 Å². The molecule has 0 bridgehead atoms. The third kappa shape index (κ3) is 4.65. The number of nitrogens with zero attached hydrogens (tertiary/aromatic N) is 3. The van der Waals surface area contributed by atoms with Crippen LogP contribution in [0.25, 0.3) is 22.0 Å². The van der Waals surface area contributed by atoms with Crippen molar-refractivity contribution in [3.8, 4) is 16.9 Å². The van der Waals surface area contributed by atoms with E-state index >= 15 is 0 Å². The second-order valence-corrected chi connectivity index (χ2v) is 8.44. The Morgan fingerprint density at radius 2 is 1.88 bits per heavy atom. The fourth-order valence-corrected chi connectivity index (χ4v) is 4.08. The highest BCUT2D eigenvalue weighted by molar-refractivity contribution is 6.11. The largest absolute Gasteiger partial charge is 0.490 e. The monoisotopic (exact) mass is 442 g/mol. The molecule has 33 heavy (non-hydrogen) atoms. The maximum absolute atomic E-state index is 13.0. The quantitative estimate of drug-likeness (QED) is 0.432. The number of nitrogens with two attached hydrogens (primary N) is 1. The lowest BCUT2D eigenvalue weighted by molar-refractivity contribution is 0.102. The summed E-state index contributed by atoms with van der Waals surface area (Å²) in [5, 5.41) is 10.8. The fourth-order valence-electron chi connectivity index (χ4n) is 4.08. The van der Waals surface area contributed by atoms with Gasteiger partial charge in [-0.25, -0.2) is 0 Å². The molecule has 4 aromatic rings. The number of aromatic nitrogens is 3. The van der Waals surface area contributed by atoms with Gasteiger partial charge in [0.1, 0.15) is 11.9 Å². The molecule has 1 aliphatic heterocycles. The van der Waals surface area contributed by atoms with Crippen LogP contribution in [0.3, 0.4) is 0 Å². The zero-order valence-electron chi connectivity index (χ0n) is 18.4. The van der Waals surface area contributed by atoms with E-state index in [1.807, 2.05) is 48.5 Å². The zero-order valence-corrected chi connectivity index (χ0v) is 18.4. The number of hydrogen-bond donors (Lipinski definition) is 3. The molecule has 1 saturated heterocycles. The first-order valence-corrected chi connectivity index (χ1v) is 11.0. The van der Waals surface area contributed by atoms with Crippen molar-refractivity contribution in [2.75, 3.05) is 31.2 Å². The van der Waals surface area contributed by atoms with Crippen LogP contribution in [0.2, 0.25) is 0 Å². The molecule has 2 aromatic carbocycles. The van der Waals surface area contributed by atoms with Gasteiger partial charge in [-0.05, 0) is 67.9 Å². The number of H-pyrrole nitrogens is 1. The number of pyridine rings is 1. The van der Waals surface area contributed by atoms with Gasteiger partial charge in [-0.3, -0.25) is 14.9 Å².